The zero-order chi connectivity index (χ0) is 17.1. The molecule has 2 aliphatic heterocycles. The number of para-hydroxylation sites is 1. The van der Waals surface area contributed by atoms with Gasteiger partial charge < -0.3 is 10.1 Å². The van der Waals surface area contributed by atoms with E-state index in [-0.39, 0.29) is 12.0 Å². The van der Waals surface area contributed by atoms with Crippen LogP contribution >= 0.6 is 0 Å². The Morgan fingerprint density at radius 2 is 1.96 bits per heavy atom. The van der Waals surface area contributed by atoms with Gasteiger partial charge in [0.25, 0.3) is 0 Å². The highest BCUT2D eigenvalue weighted by Crippen LogP contribution is 2.34. The lowest BCUT2D eigenvalue weighted by Gasteiger charge is -2.33. The van der Waals surface area contributed by atoms with Gasteiger partial charge in [-0.1, -0.05) is 37.5 Å². The molecule has 1 aliphatic carbocycles. The number of carbonyl (C=O) groups excluding carboxylic acids is 1. The molecule has 1 amide bonds. The van der Waals surface area contributed by atoms with E-state index in [1.165, 1.54) is 50.5 Å². The van der Waals surface area contributed by atoms with Gasteiger partial charge in [-0.05, 0) is 49.8 Å². The van der Waals surface area contributed by atoms with Gasteiger partial charge in [0, 0.05) is 12.5 Å². The molecule has 3 aliphatic rings. The number of rotatable bonds is 5. The van der Waals surface area contributed by atoms with Crippen LogP contribution in [0.2, 0.25) is 0 Å². The van der Waals surface area contributed by atoms with E-state index in [4.69, 9.17) is 4.74 Å². The molecule has 1 saturated heterocycles. The van der Waals surface area contributed by atoms with E-state index in [0.717, 1.165) is 24.6 Å². The first kappa shape index (κ1) is 16.9. The van der Waals surface area contributed by atoms with Gasteiger partial charge >= 0.3 is 0 Å². The second-order valence-corrected chi connectivity index (χ2v) is 7.93. The van der Waals surface area contributed by atoms with Crippen molar-refractivity contribution in [2.24, 2.45) is 5.92 Å². The summed E-state index contributed by atoms with van der Waals surface area (Å²) >= 11 is 0. The second kappa shape index (κ2) is 7.77. The van der Waals surface area contributed by atoms with Gasteiger partial charge in [0.1, 0.15) is 11.9 Å². The number of likely N-dealkylation sites (tertiary alicyclic amines) is 1. The van der Waals surface area contributed by atoms with E-state index >= 15 is 0 Å². The lowest BCUT2D eigenvalue weighted by molar-refractivity contribution is -0.123. The van der Waals surface area contributed by atoms with Gasteiger partial charge in [0.05, 0.1) is 13.1 Å². The summed E-state index contributed by atoms with van der Waals surface area (Å²) in [6.07, 6.45) is 10.4. The molecule has 0 unspecified atom stereocenters. The van der Waals surface area contributed by atoms with E-state index in [1.54, 1.807) is 0 Å². The maximum atomic E-state index is 12.4. The number of amides is 1. The highest BCUT2D eigenvalue weighted by molar-refractivity contribution is 5.78. The molecule has 4 rings (SSSR count). The molecule has 4 nitrogen and oxygen atoms in total. The van der Waals surface area contributed by atoms with Crippen molar-refractivity contribution in [3.63, 3.8) is 0 Å². The fourth-order valence-corrected chi connectivity index (χ4v) is 4.94. The van der Waals surface area contributed by atoms with Crippen molar-refractivity contribution in [3.05, 3.63) is 29.8 Å². The summed E-state index contributed by atoms with van der Waals surface area (Å²) in [7, 11) is 0. The number of nitrogens with one attached hydrogen (secondary N) is 1. The largest absolute Gasteiger partial charge is 0.488 e. The first-order valence-corrected chi connectivity index (χ1v) is 10.0. The summed E-state index contributed by atoms with van der Waals surface area (Å²) in [5.74, 6) is 1.94. The van der Waals surface area contributed by atoms with Gasteiger partial charge in [0.2, 0.25) is 5.91 Å². The minimum Gasteiger partial charge on any atom is -0.488 e. The van der Waals surface area contributed by atoms with E-state index in [2.05, 4.69) is 16.3 Å². The molecule has 0 radical (unpaired) electrons. The van der Waals surface area contributed by atoms with E-state index < -0.39 is 0 Å². The molecular formula is C21H30N2O2. The highest BCUT2D eigenvalue weighted by atomic mass is 16.5. The van der Waals surface area contributed by atoms with Gasteiger partial charge in [-0.2, -0.15) is 0 Å². The molecule has 2 fully saturated rings. The van der Waals surface area contributed by atoms with Crippen molar-refractivity contribution in [1.29, 1.82) is 0 Å². The molecule has 1 aromatic carbocycles. The first-order chi connectivity index (χ1) is 12.3. The molecule has 136 valence electrons. The summed E-state index contributed by atoms with van der Waals surface area (Å²) in [6.45, 7) is 2.25. The third-order valence-corrected chi connectivity index (χ3v) is 6.20. The first-order valence-electron chi connectivity index (χ1n) is 10.0. The highest BCUT2D eigenvalue weighted by Gasteiger charge is 2.33. The molecule has 0 spiro atoms. The summed E-state index contributed by atoms with van der Waals surface area (Å²) in [4.78, 5) is 14.9. The van der Waals surface area contributed by atoms with Crippen LogP contribution < -0.4 is 10.1 Å². The summed E-state index contributed by atoms with van der Waals surface area (Å²) in [5, 5.41) is 3.10. The molecule has 1 aromatic rings. The zero-order valence-corrected chi connectivity index (χ0v) is 15.1. The Bertz CT molecular complexity index is 572. The Balaban J connectivity index is 1.23. The number of fused-ring (bicyclic) bond motifs is 1. The maximum absolute atomic E-state index is 12.4. The third kappa shape index (κ3) is 4.00. The molecule has 25 heavy (non-hydrogen) atoms. The van der Waals surface area contributed by atoms with Crippen LogP contribution in [0.1, 0.15) is 50.5 Å². The van der Waals surface area contributed by atoms with Crippen LogP contribution in [0.25, 0.3) is 0 Å². The Hall–Kier alpha value is -1.55. The van der Waals surface area contributed by atoms with Crippen molar-refractivity contribution in [3.8, 4) is 5.75 Å². The molecule has 0 aromatic heterocycles. The molecule has 4 heteroatoms. The van der Waals surface area contributed by atoms with Crippen LogP contribution in [0.15, 0.2) is 24.3 Å². The quantitative estimate of drug-likeness (QED) is 0.894. The molecule has 2 heterocycles. The van der Waals surface area contributed by atoms with Crippen LogP contribution in [-0.2, 0) is 11.2 Å². The van der Waals surface area contributed by atoms with Gasteiger partial charge in [0.15, 0.2) is 0 Å². The predicted octanol–water partition coefficient (Wildman–Crippen LogP) is 3.15. The van der Waals surface area contributed by atoms with Crippen LogP contribution in [-0.4, -0.2) is 42.6 Å². The van der Waals surface area contributed by atoms with Gasteiger partial charge in [-0.15, -0.1) is 0 Å². The molecular weight excluding hydrogens is 312 g/mol. The minimum absolute atomic E-state index is 0.0778. The van der Waals surface area contributed by atoms with Crippen LogP contribution in [0.5, 0.6) is 5.75 Å². The van der Waals surface area contributed by atoms with Gasteiger partial charge in [-0.3, -0.25) is 9.69 Å². The molecule has 0 bridgehead atoms. The number of ether oxygens (including phenoxy) is 1. The van der Waals surface area contributed by atoms with Crippen LogP contribution in [0.3, 0.4) is 0 Å². The average molecular weight is 342 g/mol. The van der Waals surface area contributed by atoms with E-state index in [9.17, 15) is 4.79 Å². The molecule has 1 saturated carbocycles. The van der Waals surface area contributed by atoms with Crippen LogP contribution in [0.4, 0.5) is 0 Å². The Morgan fingerprint density at radius 1 is 1.12 bits per heavy atom. The van der Waals surface area contributed by atoms with Crippen LogP contribution in [0, 0.1) is 5.92 Å². The Labute approximate surface area is 150 Å². The smallest absolute Gasteiger partial charge is 0.234 e. The standard InChI is InChI=1S/C21H30N2O2/c24-21(22-14-18-13-17-9-4-5-11-20(17)25-18)15-23-12-6-10-19(23)16-7-2-1-3-8-16/h4-5,9,11,16,18-19H,1-3,6-8,10,12-15H2,(H,22,24)/t18-,19+/m0/s1. The number of nitrogens with zero attached hydrogens (tertiary/aromatic N) is 1. The number of hydrogen-bond acceptors (Lipinski definition) is 3. The van der Waals surface area contributed by atoms with E-state index in [0.29, 0.717) is 19.1 Å². The average Bonchev–Trinajstić information content (AvgIpc) is 3.27. The third-order valence-electron chi connectivity index (χ3n) is 6.20. The zero-order valence-electron chi connectivity index (χ0n) is 15.1. The van der Waals surface area contributed by atoms with Crippen molar-refractivity contribution < 1.29 is 9.53 Å². The SMILES string of the molecule is O=C(CN1CCC[C@@H]1C1CCCCC1)NC[C@@H]1Cc2ccccc2O1. The van der Waals surface area contributed by atoms with Gasteiger partial charge in [-0.25, -0.2) is 0 Å². The fourth-order valence-electron chi connectivity index (χ4n) is 4.94. The molecule has 1 N–H and O–H groups in total. The Kier molecular flexibility index (Phi) is 5.25. The maximum Gasteiger partial charge on any atom is 0.234 e. The van der Waals surface area contributed by atoms with E-state index in [1.807, 2.05) is 18.2 Å². The summed E-state index contributed by atoms with van der Waals surface area (Å²) < 4.78 is 5.92. The second-order valence-electron chi connectivity index (χ2n) is 7.93. The van der Waals surface area contributed by atoms with Crippen molar-refractivity contribution in [2.45, 2.75) is 63.5 Å². The monoisotopic (exact) mass is 342 g/mol. The summed E-state index contributed by atoms with van der Waals surface area (Å²) in [6, 6.07) is 8.80. The normalized spacial score (nSPS) is 27.0. The van der Waals surface area contributed by atoms with Crippen molar-refractivity contribution in [2.75, 3.05) is 19.6 Å². The Morgan fingerprint density at radius 3 is 2.80 bits per heavy atom. The minimum atomic E-state index is 0.0778. The number of carbonyl (C=O) groups is 1. The lowest BCUT2D eigenvalue weighted by Crippen LogP contribution is -2.45. The number of hydrogen-bond donors (Lipinski definition) is 1. The summed E-state index contributed by atoms with van der Waals surface area (Å²) in [5.41, 5.74) is 1.25. The fraction of sp³-hybridized carbons (Fsp3) is 0.667. The molecule has 2 atom stereocenters. The predicted molar refractivity (Wildman–Crippen MR) is 98.7 cm³/mol. The topological polar surface area (TPSA) is 41.6 Å². The number of benzene rings is 1. The van der Waals surface area contributed by atoms with Crippen molar-refractivity contribution >= 4 is 5.91 Å². The van der Waals surface area contributed by atoms with Crippen molar-refractivity contribution in [1.82, 2.24) is 10.2 Å². The lowest BCUT2D eigenvalue weighted by atomic mass is 9.83.